The van der Waals surface area contributed by atoms with Crippen LogP contribution in [0.1, 0.15) is 32.3 Å². The van der Waals surface area contributed by atoms with Crippen LogP contribution in [0.25, 0.3) is 0 Å². The van der Waals surface area contributed by atoms with Crippen molar-refractivity contribution < 1.29 is 14.7 Å². The molecule has 2 heterocycles. The molecule has 1 fully saturated rings. The predicted octanol–water partition coefficient (Wildman–Crippen LogP) is 1.86. The maximum Gasteiger partial charge on any atom is 0.329 e. The van der Waals surface area contributed by atoms with Crippen LogP contribution >= 0.6 is 0 Å². The maximum absolute atomic E-state index is 13.2. The summed E-state index contributed by atoms with van der Waals surface area (Å²) in [7, 11) is 2.05. The van der Waals surface area contributed by atoms with Gasteiger partial charge in [0.15, 0.2) is 0 Å². The number of carboxylic acid groups (broad SMARTS) is 1. The predicted molar refractivity (Wildman–Crippen MR) is 84.1 cm³/mol. The van der Waals surface area contributed by atoms with Crippen molar-refractivity contribution in [2.75, 3.05) is 25.0 Å². The molecule has 1 N–H and O–H groups in total. The number of fused-ring (bicyclic) bond motifs is 2. The third-order valence-electron chi connectivity index (χ3n) is 5.20. The van der Waals surface area contributed by atoms with E-state index in [-0.39, 0.29) is 5.91 Å². The molecule has 1 saturated heterocycles. The number of hydrogen-bond acceptors (Lipinski definition) is 3. The van der Waals surface area contributed by atoms with Crippen LogP contribution in [0.15, 0.2) is 24.3 Å². The standard InChI is InChI=1S/C17H22N2O3/c1-16(2,15(21)22)19-13-7-5-4-6-12(13)17(14(19)20)8-10-18(3)11-9-17/h4-7H,8-11H2,1-3H3,(H,21,22). The highest BCUT2D eigenvalue weighted by Gasteiger charge is 2.56. The van der Waals surface area contributed by atoms with Crippen molar-refractivity contribution in [3.63, 3.8) is 0 Å². The van der Waals surface area contributed by atoms with Crippen LogP contribution in [0.2, 0.25) is 0 Å². The summed E-state index contributed by atoms with van der Waals surface area (Å²) in [6, 6.07) is 7.65. The molecule has 0 radical (unpaired) electrons. The first-order chi connectivity index (χ1) is 10.3. The van der Waals surface area contributed by atoms with Crippen LogP contribution in [-0.4, -0.2) is 47.6 Å². The van der Waals surface area contributed by atoms with E-state index < -0.39 is 16.9 Å². The Morgan fingerprint density at radius 2 is 1.82 bits per heavy atom. The number of rotatable bonds is 2. The van der Waals surface area contributed by atoms with Crippen LogP contribution in [0.3, 0.4) is 0 Å². The number of nitrogens with zero attached hydrogens (tertiary/aromatic N) is 2. The van der Waals surface area contributed by atoms with Crippen LogP contribution in [0.4, 0.5) is 5.69 Å². The Bertz CT molecular complexity index is 631. The summed E-state index contributed by atoms with van der Waals surface area (Å²) >= 11 is 0. The molecule has 0 bridgehead atoms. The van der Waals surface area contributed by atoms with Gasteiger partial charge in [-0.2, -0.15) is 0 Å². The van der Waals surface area contributed by atoms with E-state index in [0.29, 0.717) is 0 Å². The van der Waals surface area contributed by atoms with E-state index in [1.807, 2.05) is 24.3 Å². The van der Waals surface area contributed by atoms with Gasteiger partial charge in [-0.1, -0.05) is 18.2 Å². The number of carbonyl (C=O) groups excluding carboxylic acids is 1. The number of anilines is 1. The molecule has 1 aromatic carbocycles. The van der Waals surface area contributed by atoms with Gasteiger partial charge < -0.3 is 10.0 Å². The molecular weight excluding hydrogens is 280 g/mol. The molecule has 2 aliphatic rings. The van der Waals surface area contributed by atoms with Gasteiger partial charge in [0.25, 0.3) is 0 Å². The normalized spacial score (nSPS) is 21.2. The Hall–Kier alpha value is -1.88. The number of likely N-dealkylation sites (tertiary alicyclic amines) is 1. The summed E-state index contributed by atoms with van der Waals surface area (Å²) in [5, 5.41) is 9.57. The molecule has 0 saturated carbocycles. The lowest BCUT2D eigenvalue weighted by atomic mass is 9.73. The van der Waals surface area contributed by atoms with Crippen LogP contribution in [-0.2, 0) is 15.0 Å². The second-order valence-electron chi connectivity index (χ2n) is 6.91. The first kappa shape index (κ1) is 15.0. The largest absolute Gasteiger partial charge is 0.480 e. The molecule has 1 spiro atoms. The van der Waals surface area contributed by atoms with Gasteiger partial charge in [-0.05, 0) is 58.5 Å². The number of carbonyl (C=O) groups is 2. The third kappa shape index (κ3) is 1.88. The van der Waals surface area contributed by atoms with Gasteiger partial charge >= 0.3 is 5.97 Å². The highest BCUT2D eigenvalue weighted by atomic mass is 16.4. The second-order valence-corrected chi connectivity index (χ2v) is 6.91. The van der Waals surface area contributed by atoms with Crippen molar-refractivity contribution in [1.29, 1.82) is 0 Å². The molecule has 118 valence electrons. The lowest BCUT2D eigenvalue weighted by Crippen LogP contribution is -2.56. The molecule has 5 heteroatoms. The molecule has 2 aliphatic heterocycles. The minimum absolute atomic E-state index is 0.0609. The molecule has 22 heavy (non-hydrogen) atoms. The highest BCUT2D eigenvalue weighted by molar-refractivity contribution is 6.12. The average molecular weight is 302 g/mol. The first-order valence-corrected chi connectivity index (χ1v) is 7.67. The average Bonchev–Trinajstić information content (AvgIpc) is 2.72. The fourth-order valence-electron chi connectivity index (χ4n) is 3.65. The van der Waals surface area contributed by atoms with E-state index >= 15 is 0 Å². The van der Waals surface area contributed by atoms with Gasteiger partial charge in [-0.15, -0.1) is 0 Å². The van der Waals surface area contributed by atoms with E-state index in [1.165, 1.54) is 4.90 Å². The van der Waals surface area contributed by atoms with Gasteiger partial charge in [0.05, 0.1) is 5.41 Å². The second kappa shape index (κ2) is 4.81. The SMILES string of the molecule is CN1CCC2(CC1)C(=O)N(C(C)(C)C(=O)O)c1ccccc12. The monoisotopic (exact) mass is 302 g/mol. The van der Waals surface area contributed by atoms with Crippen molar-refractivity contribution in [2.24, 2.45) is 0 Å². The van der Waals surface area contributed by atoms with Crippen molar-refractivity contribution in [2.45, 2.75) is 37.6 Å². The number of carboxylic acids is 1. The van der Waals surface area contributed by atoms with E-state index in [0.717, 1.165) is 37.2 Å². The highest BCUT2D eigenvalue weighted by Crippen LogP contribution is 2.49. The van der Waals surface area contributed by atoms with Crippen molar-refractivity contribution in [1.82, 2.24) is 4.90 Å². The quantitative estimate of drug-likeness (QED) is 0.906. The van der Waals surface area contributed by atoms with Gasteiger partial charge in [0.1, 0.15) is 5.54 Å². The van der Waals surface area contributed by atoms with Crippen LogP contribution in [0.5, 0.6) is 0 Å². The number of amides is 1. The van der Waals surface area contributed by atoms with Gasteiger partial charge in [0, 0.05) is 5.69 Å². The summed E-state index contributed by atoms with van der Waals surface area (Å²) in [5.74, 6) is -1.05. The zero-order valence-electron chi connectivity index (χ0n) is 13.3. The maximum atomic E-state index is 13.2. The smallest absolute Gasteiger partial charge is 0.329 e. The fraction of sp³-hybridized carbons (Fsp3) is 0.529. The summed E-state index contributed by atoms with van der Waals surface area (Å²) in [4.78, 5) is 28.6. The van der Waals surface area contributed by atoms with Gasteiger partial charge in [-0.25, -0.2) is 4.79 Å². The Morgan fingerprint density at radius 1 is 1.23 bits per heavy atom. The fourth-order valence-corrected chi connectivity index (χ4v) is 3.65. The van der Waals surface area contributed by atoms with Crippen molar-refractivity contribution in [3.8, 4) is 0 Å². The lowest BCUT2D eigenvalue weighted by molar-refractivity contribution is -0.144. The van der Waals surface area contributed by atoms with Crippen molar-refractivity contribution in [3.05, 3.63) is 29.8 Å². The zero-order chi connectivity index (χ0) is 16.1. The summed E-state index contributed by atoms with van der Waals surface area (Å²) in [6.45, 7) is 4.89. The number of aliphatic carboxylic acids is 1. The molecule has 5 nitrogen and oxygen atoms in total. The van der Waals surface area contributed by atoms with E-state index in [4.69, 9.17) is 0 Å². The van der Waals surface area contributed by atoms with Crippen molar-refractivity contribution >= 4 is 17.6 Å². The van der Waals surface area contributed by atoms with E-state index in [9.17, 15) is 14.7 Å². The Kier molecular flexibility index (Phi) is 3.29. The molecule has 0 aliphatic carbocycles. The number of benzene rings is 1. The molecule has 1 aromatic rings. The molecule has 0 unspecified atom stereocenters. The first-order valence-electron chi connectivity index (χ1n) is 7.67. The Balaban J connectivity index is 2.14. The summed E-state index contributed by atoms with van der Waals surface area (Å²) in [6.07, 6.45) is 1.48. The topological polar surface area (TPSA) is 60.9 Å². The molecule has 3 rings (SSSR count). The van der Waals surface area contributed by atoms with E-state index in [2.05, 4.69) is 11.9 Å². The zero-order valence-corrected chi connectivity index (χ0v) is 13.3. The number of hydrogen-bond donors (Lipinski definition) is 1. The van der Waals surface area contributed by atoms with Crippen LogP contribution < -0.4 is 4.90 Å². The minimum atomic E-state index is -1.25. The number of para-hydroxylation sites is 1. The van der Waals surface area contributed by atoms with Gasteiger partial charge in [0.2, 0.25) is 5.91 Å². The molecular formula is C17H22N2O3. The summed E-state index contributed by atoms with van der Waals surface area (Å²) in [5.41, 5.74) is -0.0672. The van der Waals surface area contributed by atoms with Gasteiger partial charge in [-0.3, -0.25) is 9.69 Å². The van der Waals surface area contributed by atoms with E-state index in [1.54, 1.807) is 13.8 Å². The van der Waals surface area contributed by atoms with Crippen LogP contribution in [0, 0.1) is 0 Å². The number of piperidine rings is 1. The molecule has 1 amide bonds. The minimum Gasteiger partial charge on any atom is -0.480 e. The Labute approximate surface area is 130 Å². The molecule has 0 aromatic heterocycles. The third-order valence-corrected chi connectivity index (χ3v) is 5.20. The Morgan fingerprint density at radius 3 is 2.41 bits per heavy atom. The summed E-state index contributed by atoms with van der Waals surface area (Å²) < 4.78 is 0. The molecule has 0 atom stereocenters. The lowest BCUT2D eigenvalue weighted by Gasteiger charge is -2.38.